The van der Waals surface area contributed by atoms with E-state index < -0.39 is 6.10 Å². The lowest BCUT2D eigenvalue weighted by atomic mass is 9.58. The monoisotopic (exact) mass is 321 g/mol. The number of nitriles is 1. The van der Waals surface area contributed by atoms with Crippen molar-refractivity contribution in [3.63, 3.8) is 0 Å². The maximum absolute atomic E-state index is 12.3. The normalized spacial score (nSPS) is 26.0. The van der Waals surface area contributed by atoms with E-state index in [9.17, 15) is 9.90 Å². The molecule has 0 radical (unpaired) electrons. The Bertz CT molecular complexity index is 637. The summed E-state index contributed by atoms with van der Waals surface area (Å²) < 4.78 is 5.34. The molecule has 1 aliphatic heterocycles. The minimum atomic E-state index is -0.411. The molecule has 0 unspecified atom stereocenters. The summed E-state index contributed by atoms with van der Waals surface area (Å²) >= 11 is 6.01. The van der Waals surface area contributed by atoms with Gasteiger partial charge in [-0.25, -0.2) is 4.98 Å². The number of aliphatic hydroxyl groups excluding tert-OH is 1. The topological polar surface area (TPSA) is 95.2 Å². The second-order valence-electron chi connectivity index (χ2n) is 5.79. The molecule has 1 aromatic rings. The molecule has 1 aliphatic carbocycles. The van der Waals surface area contributed by atoms with Crippen molar-refractivity contribution in [1.29, 1.82) is 5.26 Å². The zero-order valence-electron chi connectivity index (χ0n) is 11.9. The van der Waals surface area contributed by atoms with Gasteiger partial charge in [-0.05, 0) is 25.3 Å². The predicted molar refractivity (Wildman–Crippen MR) is 78.3 cm³/mol. The Kier molecular flexibility index (Phi) is 4.04. The van der Waals surface area contributed by atoms with Crippen molar-refractivity contribution in [2.45, 2.75) is 31.4 Å². The average Bonchev–Trinajstić information content (AvgIpc) is 2.55. The van der Waals surface area contributed by atoms with Crippen LogP contribution in [0.25, 0.3) is 0 Å². The lowest BCUT2D eigenvalue weighted by Gasteiger charge is -2.55. The summed E-state index contributed by atoms with van der Waals surface area (Å²) in [5.41, 5.74) is 0.110. The summed E-state index contributed by atoms with van der Waals surface area (Å²) in [6.07, 6.45) is 2.90. The third kappa shape index (κ3) is 2.45. The van der Waals surface area contributed by atoms with Gasteiger partial charge in [0.25, 0.3) is 5.91 Å². The van der Waals surface area contributed by atoms with Gasteiger partial charge in [-0.1, -0.05) is 11.6 Å². The third-order valence-electron chi connectivity index (χ3n) is 4.73. The molecule has 1 amide bonds. The molecule has 1 spiro atoms. The van der Waals surface area contributed by atoms with Gasteiger partial charge >= 0.3 is 0 Å². The minimum absolute atomic E-state index is 0.101. The van der Waals surface area contributed by atoms with E-state index in [4.69, 9.17) is 21.6 Å². The number of nitrogens with one attached hydrogen (secondary N) is 1. The Morgan fingerprint density at radius 2 is 2.27 bits per heavy atom. The minimum Gasteiger partial charge on any atom is -0.392 e. The Hall–Kier alpha value is -1.68. The highest BCUT2D eigenvalue weighted by Crippen LogP contribution is 2.49. The fourth-order valence-electron chi connectivity index (χ4n) is 3.29. The van der Waals surface area contributed by atoms with Crippen LogP contribution in [0.4, 0.5) is 0 Å². The number of hydrogen-bond acceptors (Lipinski definition) is 5. The van der Waals surface area contributed by atoms with Gasteiger partial charge in [0.1, 0.15) is 11.8 Å². The molecule has 22 heavy (non-hydrogen) atoms. The van der Waals surface area contributed by atoms with Crippen LogP contribution in [0.5, 0.6) is 0 Å². The van der Waals surface area contributed by atoms with Crippen LogP contribution >= 0.6 is 11.6 Å². The average molecular weight is 322 g/mol. The molecule has 1 saturated carbocycles. The second kappa shape index (κ2) is 5.84. The number of carbonyl (C=O) groups is 1. The number of pyridine rings is 1. The number of rotatable bonds is 2. The first-order valence-electron chi connectivity index (χ1n) is 7.19. The van der Waals surface area contributed by atoms with Crippen LogP contribution in [0.1, 0.15) is 35.3 Å². The Labute approximate surface area is 133 Å². The standard InChI is InChI=1S/C15H16ClN3O3/c16-10-5-9(7-17)8-18-13(10)14(21)19-11-6-12(20)15(11)1-3-22-4-2-15/h5,8,11-12,20H,1-4,6H2,(H,19,21)/t11-,12-/m1/s1. The van der Waals surface area contributed by atoms with E-state index in [1.54, 1.807) is 0 Å². The highest BCUT2D eigenvalue weighted by molar-refractivity contribution is 6.33. The number of hydrogen-bond donors (Lipinski definition) is 2. The van der Waals surface area contributed by atoms with Crippen molar-refractivity contribution in [2.75, 3.05) is 13.2 Å². The Balaban J connectivity index is 1.73. The first kappa shape index (κ1) is 15.2. The molecule has 3 rings (SSSR count). The molecule has 2 N–H and O–H groups in total. The Morgan fingerprint density at radius 3 is 2.86 bits per heavy atom. The SMILES string of the molecule is N#Cc1cnc(C(=O)N[C@@H]2C[C@@H](O)C23CCOCC3)c(Cl)c1. The summed E-state index contributed by atoms with van der Waals surface area (Å²) in [6.45, 7) is 1.19. The van der Waals surface area contributed by atoms with Crippen LogP contribution in [0, 0.1) is 16.7 Å². The van der Waals surface area contributed by atoms with E-state index >= 15 is 0 Å². The molecule has 2 aliphatic rings. The van der Waals surface area contributed by atoms with Gasteiger partial charge in [-0.2, -0.15) is 5.26 Å². The van der Waals surface area contributed by atoms with Crippen LogP contribution in [0.3, 0.4) is 0 Å². The van der Waals surface area contributed by atoms with E-state index in [1.807, 2.05) is 6.07 Å². The van der Waals surface area contributed by atoms with Crippen LogP contribution in [0.15, 0.2) is 12.3 Å². The predicted octanol–water partition coefficient (Wildman–Crippen LogP) is 1.27. The van der Waals surface area contributed by atoms with E-state index in [-0.39, 0.29) is 28.1 Å². The van der Waals surface area contributed by atoms with Crippen molar-refractivity contribution in [1.82, 2.24) is 10.3 Å². The summed E-state index contributed by atoms with van der Waals surface area (Å²) in [5.74, 6) is -0.378. The second-order valence-corrected chi connectivity index (χ2v) is 6.20. The van der Waals surface area contributed by atoms with E-state index in [0.717, 1.165) is 12.8 Å². The number of amides is 1. The summed E-state index contributed by atoms with van der Waals surface area (Å²) in [7, 11) is 0. The summed E-state index contributed by atoms with van der Waals surface area (Å²) in [4.78, 5) is 16.3. The van der Waals surface area contributed by atoms with Gasteiger partial charge < -0.3 is 15.2 Å². The smallest absolute Gasteiger partial charge is 0.271 e. The number of halogens is 1. The largest absolute Gasteiger partial charge is 0.392 e. The molecule has 0 aromatic carbocycles. The van der Waals surface area contributed by atoms with Gasteiger partial charge in [-0.15, -0.1) is 0 Å². The van der Waals surface area contributed by atoms with Crippen LogP contribution in [-0.4, -0.2) is 41.4 Å². The van der Waals surface area contributed by atoms with Crippen LogP contribution in [-0.2, 0) is 4.74 Å². The number of aliphatic hydroxyl groups is 1. The number of nitrogens with zero attached hydrogens (tertiary/aromatic N) is 2. The first-order chi connectivity index (χ1) is 10.6. The molecule has 2 heterocycles. The molecule has 7 heteroatoms. The fourth-order valence-corrected chi connectivity index (χ4v) is 3.55. The Morgan fingerprint density at radius 1 is 1.55 bits per heavy atom. The van der Waals surface area contributed by atoms with E-state index in [0.29, 0.717) is 25.2 Å². The van der Waals surface area contributed by atoms with Crippen molar-refractivity contribution in [2.24, 2.45) is 5.41 Å². The molecule has 0 bridgehead atoms. The van der Waals surface area contributed by atoms with Crippen molar-refractivity contribution in [3.8, 4) is 6.07 Å². The molecular formula is C15H16ClN3O3. The van der Waals surface area contributed by atoms with Gasteiger partial charge in [0.05, 0.1) is 16.7 Å². The van der Waals surface area contributed by atoms with Crippen molar-refractivity contribution in [3.05, 3.63) is 28.5 Å². The van der Waals surface area contributed by atoms with Gasteiger partial charge in [-0.3, -0.25) is 4.79 Å². The third-order valence-corrected chi connectivity index (χ3v) is 5.02. The first-order valence-corrected chi connectivity index (χ1v) is 7.57. The van der Waals surface area contributed by atoms with Gasteiger partial charge in [0.2, 0.25) is 0 Å². The van der Waals surface area contributed by atoms with E-state index in [2.05, 4.69) is 10.3 Å². The maximum atomic E-state index is 12.3. The molecule has 116 valence electrons. The molecule has 6 nitrogen and oxygen atoms in total. The summed E-state index contributed by atoms with van der Waals surface area (Å²) in [6, 6.07) is 3.24. The maximum Gasteiger partial charge on any atom is 0.271 e. The number of carbonyl (C=O) groups excluding carboxylic acids is 1. The van der Waals surface area contributed by atoms with E-state index in [1.165, 1.54) is 12.3 Å². The lowest BCUT2D eigenvalue weighted by Crippen LogP contribution is -2.65. The zero-order chi connectivity index (χ0) is 15.7. The summed E-state index contributed by atoms with van der Waals surface area (Å²) in [5, 5.41) is 22.0. The molecule has 2 atom stereocenters. The molecule has 1 saturated heterocycles. The quantitative estimate of drug-likeness (QED) is 0.855. The van der Waals surface area contributed by atoms with Crippen molar-refractivity contribution < 1.29 is 14.6 Å². The van der Waals surface area contributed by atoms with Crippen LogP contribution < -0.4 is 5.32 Å². The molecule has 2 fully saturated rings. The fraction of sp³-hybridized carbons (Fsp3) is 0.533. The van der Waals surface area contributed by atoms with Gasteiger partial charge in [0.15, 0.2) is 0 Å². The van der Waals surface area contributed by atoms with Crippen molar-refractivity contribution >= 4 is 17.5 Å². The molecular weight excluding hydrogens is 306 g/mol. The van der Waals surface area contributed by atoms with Crippen LogP contribution in [0.2, 0.25) is 5.02 Å². The lowest BCUT2D eigenvalue weighted by molar-refractivity contribution is -0.145. The zero-order valence-corrected chi connectivity index (χ0v) is 12.6. The molecule has 1 aromatic heterocycles. The van der Waals surface area contributed by atoms with Gasteiger partial charge in [0, 0.05) is 30.9 Å². The highest BCUT2D eigenvalue weighted by Gasteiger charge is 2.55. The highest BCUT2D eigenvalue weighted by atomic mass is 35.5. The number of aromatic nitrogens is 1. The number of ether oxygens (including phenoxy) is 1.